The summed E-state index contributed by atoms with van der Waals surface area (Å²) in [6, 6.07) is 15.8. The number of halogens is 3. The Morgan fingerprint density at radius 1 is 1.10 bits per heavy atom. The van der Waals surface area contributed by atoms with Crippen molar-refractivity contribution in [3.8, 4) is 5.75 Å². The van der Waals surface area contributed by atoms with Gasteiger partial charge in [0.05, 0.1) is 0 Å². The Balaban J connectivity index is 0.00000261. The lowest BCUT2D eigenvalue weighted by atomic mass is 10.1. The van der Waals surface area contributed by atoms with Crippen LogP contribution >= 0.6 is 37.2 Å². The van der Waals surface area contributed by atoms with Gasteiger partial charge in [-0.05, 0) is 61.8 Å². The fourth-order valence-corrected chi connectivity index (χ4v) is 2.94. The summed E-state index contributed by atoms with van der Waals surface area (Å²) >= 11 is 0. The minimum atomic E-state index is 0. The van der Waals surface area contributed by atoms with Gasteiger partial charge in [0.2, 0.25) is 0 Å². The monoisotopic (exact) mass is 458 g/mol. The molecule has 8 heteroatoms. The number of ether oxygens (including phenoxy) is 1. The first kappa shape index (κ1) is 27.1. The van der Waals surface area contributed by atoms with Gasteiger partial charge >= 0.3 is 0 Å². The van der Waals surface area contributed by atoms with Crippen molar-refractivity contribution < 1.29 is 4.74 Å². The fraction of sp³-hybridized carbons (Fsp3) is 0.286. The molecule has 0 aromatic heterocycles. The molecule has 0 aliphatic carbocycles. The van der Waals surface area contributed by atoms with Crippen molar-refractivity contribution in [3.63, 3.8) is 0 Å². The third kappa shape index (κ3) is 8.96. The number of nitrogens with one attached hydrogen (secondary N) is 3. The van der Waals surface area contributed by atoms with E-state index in [4.69, 9.17) is 15.9 Å². The summed E-state index contributed by atoms with van der Waals surface area (Å²) in [7, 11) is 0. The van der Waals surface area contributed by atoms with Gasteiger partial charge in [-0.1, -0.05) is 30.4 Å². The van der Waals surface area contributed by atoms with Gasteiger partial charge in [-0.2, -0.15) is 0 Å². The van der Waals surface area contributed by atoms with Gasteiger partial charge in [0, 0.05) is 17.8 Å². The van der Waals surface area contributed by atoms with Crippen molar-refractivity contribution in [2.75, 3.05) is 25.0 Å². The molecular weight excluding hydrogens is 431 g/mol. The molecule has 1 fully saturated rings. The smallest absolute Gasteiger partial charge is 0.122 e. The maximum atomic E-state index is 7.48. The van der Waals surface area contributed by atoms with Crippen LogP contribution in [0.5, 0.6) is 5.75 Å². The Morgan fingerprint density at radius 3 is 2.45 bits per heavy atom. The molecule has 0 unspecified atom stereocenters. The van der Waals surface area contributed by atoms with Gasteiger partial charge in [-0.3, -0.25) is 5.41 Å². The maximum absolute atomic E-state index is 7.48. The second kappa shape index (κ2) is 14.1. The molecule has 0 atom stereocenters. The largest absolute Gasteiger partial charge is 0.490 e. The van der Waals surface area contributed by atoms with Crippen molar-refractivity contribution in [1.82, 2.24) is 5.32 Å². The van der Waals surface area contributed by atoms with Gasteiger partial charge < -0.3 is 21.1 Å². The minimum Gasteiger partial charge on any atom is -0.490 e. The zero-order valence-electron chi connectivity index (χ0n) is 16.1. The van der Waals surface area contributed by atoms with Gasteiger partial charge in [-0.15, -0.1) is 37.2 Å². The van der Waals surface area contributed by atoms with Crippen LogP contribution in [0.25, 0.3) is 6.08 Å². The predicted molar refractivity (Wildman–Crippen MR) is 130 cm³/mol. The summed E-state index contributed by atoms with van der Waals surface area (Å²) < 4.78 is 6.01. The summed E-state index contributed by atoms with van der Waals surface area (Å²) in [4.78, 5) is 0. The molecule has 0 spiro atoms. The molecule has 29 heavy (non-hydrogen) atoms. The number of hydrogen-bond acceptors (Lipinski definition) is 4. The van der Waals surface area contributed by atoms with Gasteiger partial charge in [0.25, 0.3) is 0 Å². The molecule has 0 radical (unpaired) electrons. The topological polar surface area (TPSA) is 83.2 Å². The molecule has 2 aromatic carbocycles. The lowest BCUT2D eigenvalue weighted by Gasteiger charge is -2.23. The third-order valence-electron chi connectivity index (χ3n) is 4.38. The summed E-state index contributed by atoms with van der Waals surface area (Å²) in [6.45, 7) is 2.79. The van der Waals surface area contributed by atoms with Crippen molar-refractivity contribution in [2.24, 2.45) is 5.73 Å². The molecule has 0 amide bonds. The molecule has 2 aromatic rings. The molecule has 3 rings (SSSR count). The highest BCUT2D eigenvalue weighted by Crippen LogP contribution is 2.19. The number of hydrogen-bond donors (Lipinski definition) is 4. The molecule has 1 saturated heterocycles. The number of rotatable bonds is 7. The fourth-order valence-electron chi connectivity index (χ4n) is 2.94. The normalized spacial score (nSPS) is 13.5. The van der Waals surface area contributed by atoms with E-state index in [0.29, 0.717) is 6.10 Å². The second-order valence-corrected chi connectivity index (χ2v) is 6.41. The highest BCUT2D eigenvalue weighted by atomic mass is 35.5. The Hall–Kier alpha value is -1.92. The van der Waals surface area contributed by atoms with Gasteiger partial charge in [-0.25, -0.2) is 0 Å². The molecule has 1 aliphatic rings. The van der Waals surface area contributed by atoms with E-state index in [9.17, 15) is 0 Å². The average molecular weight is 460 g/mol. The number of anilines is 1. The summed E-state index contributed by atoms with van der Waals surface area (Å²) in [5, 5.41) is 14.2. The second-order valence-electron chi connectivity index (χ2n) is 6.41. The lowest BCUT2D eigenvalue weighted by Crippen LogP contribution is -2.34. The van der Waals surface area contributed by atoms with Gasteiger partial charge in [0.1, 0.15) is 17.7 Å². The summed E-state index contributed by atoms with van der Waals surface area (Å²) in [5.74, 6) is 1.02. The highest BCUT2D eigenvalue weighted by Gasteiger charge is 2.14. The van der Waals surface area contributed by atoms with Crippen LogP contribution in [-0.4, -0.2) is 31.6 Å². The van der Waals surface area contributed by atoms with E-state index in [1.807, 2.05) is 54.6 Å². The van der Waals surface area contributed by atoms with Crippen LogP contribution in [0.4, 0.5) is 5.69 Å². The van der Waals surface area contributed by atoms with Crippen LogP contribution in [0, 0.1) is 5.41 Å². The molecule has 5 nitrogen and oxygen atoms in total. The van der Waals surface area contributed by atoms with Crippen LogP contribution in [0.1, 0.15) is 24.0 Å². The van der Waals surface area contributed by atoms with Crippen LogP contribution in [0.15, 0.2) is 54.6 Å². The molecule has 1 aliphatic heterocycles. The lowest BCUT2D eigenvalue weighted by molar-refractivity contribution is 0.162. The first-order valence-corrected chi connectivity index (χ1v) is 9.03. The van der Waals surface area contributed by atoms with E-state index < -0.39 is 0 Å². The van der Waals surface area contributed by atoms with E-state index in [1.165, 1.54) is 0 Å². The molecule has 5 N–H and O–H groups in total. The number of nitrogen functional groups attached to an aromatic ring is 1. The number of piperidine rings is 1. The Labute approximate surface area is 191 Å². The van der Waals surface area contributed by atoms with Crippen LogP contribution in [-0.2, 0) is 0 Å². The zero-order valence-corrected chi connectivity index (χ0v) is 18.5. The Kier molecular flexibility index (Phi) is 13.2. The molecule has 0 saturated carbocycles. The third-order valence-corrected chi connectivity index (χ3v) is 4.38. The van der Waals surface area contributed by atoms with E-state index in [-0.39, 0.29) is 43.1 Å². The van der Waals surface area contributed by atoms with E-state index in [1.54, 1.807) is 0 Å². The van der Waals surface area contributed by atoms with Crippen molar-refractivity contribution in [3.05, 3.63) is 65.7 Å². The predicted octanol–water partition coefficient (Wildman–Crippen LogP) is 4.49. The van der Waals surface area contributed by atoms with Crippen LogP contribution in [0.2, 0.25) is 0 Å². The summed E-state index contributed by atoms with van der Waals surface area (Å²) in [5.41, 5.74) is 8.35. The Bertz CT molecular complexity index is 763. The summed E-state index contributed by atoms with van der Waals surface area (Å²) in [6.07, 6.45) is 6.53. The zero-order chi connectivity index (χ0) is 18.2. The van der Waals surface area contributed by atoms with Crippen molar-refractivity contribution >= 4 is 54.8 Å². The van der Waals surface area contributed by atoms with Crippen LogP contribution in [0.3, 0.4) is 0 Å². The molecule has 1 heterocycles. The highest BCUT2D eigenvalue weighted by molar-refractivity contribution is 5.95. The first-order valence-electron chi connectivity index (χ1n) is 9.03. The molecular formula is C21H29Cl3N4O. The molecule has 0 bridgehead atoms. The quantitative estimate of drug-likeness (QED) is 0.363. The van der Waals surface area contributed by atoms with Crippen molar-refractivity contribution in [2.45, 2.75) is 18.9 Å². The van der Waals surface area contributed by atoms with E-state index >= 15 is 0 Å². The standard InChI is InChI=1S/C21H26N4O.3ClH/c22-21(23)17-5-1-3-16(15-17)4-2-12-25-18-6-8-19(9-7-18)26-20-10-13-24-14-11-20;;;/h1-9,15,20,24-25H,10-14H2,(H3,22,23);3*1H. The average Bonchev–Trinajstić information content (AvgIpc) is 2.67. The molecule has 160 valence electrons. The van der Waals surface area contributed by atoms with Crippen molar-refractivity contribution in [1.29, 1.82) is 5.41 Å². The Morgan fingerprint density at radius 2 is 1.79 bits per heavy atom. The van der Waals surface area contributed by atoms with E-state index in [0.717, 1.165) is 55.0 Å². The first-order chi connectivity index (χ1) is 12.7. The number of benzene rings is 2. The number of amidine groups is 1. The van der Waals surface area contributed by atoms with E-state index in [2.05, 4.69) is 16.7 Å². The number of nitrogens with two attached hydrogens (primary N) is 1. The van der Waals surface area contributed by atoms with Gasteiger partial charge in [0.15, 0.2) is 0 Å². The maximum Gasteiger partial charge on any atom is 0.122 e. The SMILES string of the molecule is Cl.Cl.Cl.N=C(N)c1cccc(C=CCNc2ccc(OC3CCNCC3)cc2)c1. The minimum absolute atomic E-state index is 0. The van der Waals surface area contributed by atoms with Crippen LogP contribution < -0.4 is 21.1 Å².